The molecular weight excluding hydrogens is 322 g/mol. The zero-order valence-corrected chi connectivity index (χ0v) is 15.0. The van der Waals surface area contributed by atoms with Crippen LogP contribution in [-0.4, -0.2) is 30.2 Å². The molecule has 0 heterocycles. The van der Waals surface area contributed by atoms with Gasteiger partial charge >= 0.3 is 5.97 Å². The van der Waals surface area contributed by atoms with Crippen molar-refractivity contribution in [2.24, 2.45) is 5.92 Å². The second-order valence-electron chi connectivity index (χ2n) is 6.53. The van der Waals surface area contributed by atoms with E-state index >= 15 is 0 Å². The van der Waals surface area contributed by atoms with E-state index in [2.05, 4.69) is 4.85 Å². The van der Waals surface area contributed by atoms with Crippen LogP contribution in [-0.2, 0) is 9.53 Å². The van der Waals surface area contributed by atoms with E-state index in [4.69, 9.17) is 11.3 Å². The number of hydrogen-bond donors (Lipinski definition) is 0. The lowest BCUT2D eigenvalue weighted by atomic mass is 9.94. The maximum Gasteiger partial charge on any atom is 0.309 e. The summed E-state index contributed by atoms with van der Waals surface area (Å²) in [4.78, 5) is 29.1. The summed E-state index contributed by atoms with van der Waals surface area (Å²) in [6, 6.07) is 7.35. The molecule has 128 valence electrons. The SMILES string of the molecule is [C-]#[N+]C(C)(COC(=O)C1CCCC1)CC(=O)c1ccc(SC)cc1. The molecule has 1 aliphatic rings. The highest BCUT2D eigenvalue weighted by Gasteiger charge is 2.37. The topological polar surface area (TPSA) is 47.7 Å². The van der Waals surface area contributed by atoms with Gasteiger partial charge in [0.25, 0.3) is 5.54 Å². The second-order valence-corrected chi connectivity index (χ2v) is 7.41. The summed E-state index contributed by atoms with van der Waals surface area (Å²) < 4.78 is 5.35. The number of hydrogen-bond acceptors (Lipinski definition) is 4. The number of carbonyl (C=O) groups excluding carboxylic acids is 2. The first-order chi connectivity index (χ1) is 11.5. The molecular formula is C19H23NO3S. The fourth-order valence-electron chi connectivity index (χ4n) is 2.85. The minimum Gasteiger partial charge on any atom is -0.457 e. The molecule has 1 fully saturated rings. The number of benzene rings is 1. The highest BCUT2D eigenvalue weighted by Crippen LogP contribution is 2.27. The first-order valence-electron chi connectivity index (χ1n) is 8.20. The average molecular weight is 345 g/mol. The summed E-state index contributed by atoms with van der Waals surface area (Å²) in [6.07, 6.45) is 5.88. The highest BCUT2D eigenvalue weighted by molar-refractivity contribution is 7.98. The van der Waals surface area contributed by atoms with Crippen LogP contribution >= 0.6 is 11.8 Å². The Hall–Kier alpha value is -1.80. The lowest BCUT2D eigenvalue weighted by molar-refractivity contribution is -0.149. The summed E-state index contributed by atoms with van der Waals surface area (Å²) in [5.41, 5.74) is -0.423. The van der Waals surface area contributed by atoms with Crippen molar-refractivity contribution in [3.63, 3.8) is 0 Å². The maximum atomic E-state index is 12.4. The summed E-state index contributed by atoms with van der Waals surface area (Å²) in [5, 5.41) is 0. The van der Waals surface area contributed by atoms with Gasteiger partial charge in [-0.25, -0.2) is 6.57 Å². The molecule has 5 heteroatoms. The highest BCUT2D eigenvalue weighted by atomic mass is 32.2. The minimum absolute atomic E-state index is 0.0273. The van der Waals surface area contributed by atoms with E-state index in [1.165, 1.54) is 0 Å². The van der Waals surface area contributed by atoms with Crippen LogP contribution in [0.3, 0.4) is 0 Å². The molecule has 1 atom stereocenters. The molecule has 0 radical (unpaired) electrons. The molecule has 2 rings (SSSR count). The molecule has 4 nitrogen and oxygen atoms in total. The number of nitrogens with zero attached hydrogens (tertiary/aromatic N) is 1. The van der Waals surface area contributed by atoms with E-state index in [1.54, 1.807) is 30.8 Å². The van der Waals surface area contributed by atoms with Gasteiger partial charge in [-0.05, 0) is 31.2 Å². The first-order valence-corrected chi connectivity index (χ1v) is 9.42. The summed E-state index contributed by atoms with van der Waals surface area (Å²) in [7, 11) is 0. The molecule has 0 aliphatic heterocycles. The van der Waals surface area contributed by atoms with Gasteiger partial charge in [0.2, 0.25) is 0 Å². The number of ether oxygens (including phenoxy) is 1. The number of esters is 1. The number of rotatable bonds is 7. The van der Waals surface area contributed by atoms with Crippen molar-refractivity contribution in [1.29, 1.82) is 0 Å². The Morgan fingerprint density at radius 1 is 1.29 bits per heavy atom. The number of ketones is 1. The third-order valence-electron chi connectivity index (χ3n) is 4.44. The lowest BCUT2D eigenvalue weighted by Crippen LogP contribution is -2.32. The van der Waals surface area contributed by atoms with Gasteiger partial charge in [0, 0.05) is 17.4 Å². The van der Waals surface area contributed by atoms with Gasteiger partial charge in [-0.1, -0.05) is 25.0 Å². The number of carbonyl (C=O) groups is 2. The molecule has 1 saturated carbocycles. The van der Waals surface area contributed by atoms with Crippen LogP contribution in [0.4, 0.5) is 0 Å². The molecule has 0 amide bonds. The fraction of sp³-hybridized carbons (Fsp3) is 0.526. The van der Waals surface area contributed by atoms with Gasteiger partial charge in [-0.3, -0.25) is 9.59 Å². The van der Waals surface area contributed by atoms with Crippen molar-refractivity contribution in [2.75, 3.05) is 12.9 Å². The predicted molar refractivity (Wildman–Crippen MR) is 95.1 cm³/mol. The monoisotopic (exact) mass is 345 g/mol. The average Bonchev–Trinajstić information content (AvgIpc) is 3.14. The molecule has 0 saturated heterocycles. The van der Waals surface area contributed by atoms with Gasteiger partial charge in [0.1, 0.15) is 0 Å². The van der Waals surface area contributed by atoms with Crippen LogP contribution in [0.25, 0.3) is 4.85 Å². The van der Waals surface area contributed by atoms with Gasteiger partial charge in [-0.2, -0.15) is 0 Å². The lowest BCUT2D eigenvalue weighted by Gasteiger charge is -2.18. The zero-order valence-electron chi connectivity index (χ0n) is 14.2. The van der Waals surface area contributed by atoms with E-state index in [0.717, 1.165) is 30.6 Å². The molecule has 1 aliphatic carbocycles. The van der Waals surface area contributed by atoms with Crippen LogP contribution in [0.5, 0.6) is 0 Å². The Morgan fingerprint density at radius 3 is 2.46 bits per heavy atom. The normalized spacial score (nSPS) is 17.0. The van der Waals surface area contributed by atoms with Crippen LogP contribution in [0, 0.1) is 12.5 Å². The van der Waals surface area contributed by atoms with Crippen LogP contribution < -0.4 is 0 Å². The van der Waals surface area contributed by atoms with E-state index in [1.807, 2.05) is 18.4 Å². The van der Waals surface area contributed by atoms with Crippen molar-refractivity contribution in [3.8, 4) is 0 Å². The number of thioether (sulfide) groups is 1. The fourth-order valence-corrected chi connectivity index (χ4v) is 3.26. The molecule has 0 bridgehead atoms. The van der Waals surface area contributed by atoms with E-state index in [9.17, 15) is 9.59 Å². The number of Topliss-reactive ketones (excluding diaryl/α,β-unsaturated/α-hetero) is 1. The molecule has 1 aromatic carbocycles. The second kappa shape index (κ2) is 8.34. The van der Waals surface area contributed by atoms with Crippen molar-refractivity contribution >= 4 is 23.5 Å². The minimum atomic E-state index is -1.01. The molecule has 24 heavy (non-hydrogen) atoms. The third kappa shape index (κ3) is 4.85. The van der Waals surface area contributed by atoms with E-state index < -0.39 is 5.54 Å². The van der Waals surface area contributed by atoms with E-state index in [0.29, 0.717) is 5.56 Å². The maximum absolute atomic E-state index is 12.4. The Morgan fingerprint density at radius 2 is 1.92 bits per heavy atom. The molecule has 1 aromatic rings. The molecule has 0 aromatic heterocycles. The Kier molecular flexibility index (Phi) is 6.44. The predicted octanol–water partition coefficient (Wildman–Crippen LogP) is 4.39. The van der Waals surface area contributed by atoms with E-state index in [-0.39, 0.29) is 30.7 Å². The van der Waals surface area contributed by atoms with Crippen molar-refractivity contribution in [1.82, 2.24) is 0 Å². The smallest absolute Gasteiger partial charge is 0.309 e. The summed E-state index contributed by atoms with van der Waals surface area (Å²) in [6.45, 7) is 9.06. The van der Waals surface area contributed by atoms with Crippen molar-refractivity contribution < 1.29 is 14.3 Å². The molecule has 1 unspecified atom stereocenters. The Labute approximate surface area is 147 Å². The standard InChI is InChI=1S/C19H23NO3S/c1-19(20-2,13-23-18(22)15-6-4-5-7-15)12-17(21)14-8-10-16(24-3)11-9-14/h8-11,15H,4-7,12-13H2,1,3H3. The summed E-state index contributed by atoms with van der Waals surface area (Å²) in [5.74, 6) is -0.355. The van der Waals surface area contributed by atoms with Crippen molar-refractivity contribution in [3.05, 3.63) is 41.2 Å². The zero-order chi connectivity index (χ0) is 17.6. The quantitative estimate of drug-likeness (QED) is 0.318. The van der Waals surface area contributed by atoms with Crippen LogP contribution in [0.2, 0.25) is 0 Å². The molecule has 0 spiro atoms. The van der Waals surface area contributed by atoms with Gasteiger partial charge < -0.3 is 9.58 Å². The molecule has 0 N–H and O–H groups in total. The summed E-state index contributed by atoms with van der Waals surface area (Å²) >= 11 is 1.61. The van der Waals surface area contributed by atoms with Crippen LogP contribution in [0.1, 0.15) is 49.4 Å². The first kappa shape index (κ1) is 18.5. The van der Waals surface area contributed by atoms with Gasteiger partial charge in [0.05, 0.1) is 12.3 Å². The largest absolute Gasteiger partial charge is 0.457 e. The van der Waals surface area contributed by atoms with Gasteiger partial charge in [0.15, 0.2) is 12.4 Å². The van der Waals surface area contributed by atoms with Crippen molar-refractivity contribution in [2.45, 2.75) is 49.5 Å². The van der Waals surface area contributed by atoms with Gasteiger partial charge in [-0.15, -0.1) is 11.8 Å². The Bertz CT molecular complexity index is 629. The Balaban J connectivity index is 1.94. The van der Waals surface area contributed by atoms with Crippen LogP contribution in [0.15, 0.2) is 29.2 Å². The third-order valence-corrected chi connectivity index (χ3v) is 5.18.